The van der Waals surface area contributed by atoms with Gasteiger partial charge in [0.15, 0.2) is 0 Å². The highest BCUT2D eigenvalue weighted by Gasteiger charge is 2.19. The van der Waals surface area contributed by atoms with Crippen molar-refractivity contribution in [2.24, 2.45) is 0 Å². The van der Waals surface area contributed by atoms with Gasteiger partial charge in [-0.05, 0) is 24.3 Å². The van der Waals surface area contributed by atoms with Gasteiger partial charge in [0.05, 0.1) is 0 Å². The van der Waals surface area contributed by atoms with Gasteiger partial charge >= 0.3 is 5.97 Å². The molecule has 0 aliphatic carbocycles. The third-order valence-electron chi connectivity index (χ3n) is 2.51. The number of carbonyl (C=O) groups is 2. The normalized spacial score (nSPS) is 18.9. The second-order valence-electron chi connectivity index (χ2n) is 3.77. The summed E-state index contributed by atoms with van der Waals surface area (Å²) >= 11 is 1.81. The highest BCUT2D eigenvalue weighted by molar-refractivity contribution is 7.99. The van der Waals surface area contributed by atoms with Gasteiger partial charge in [-0.25, -0.2) is 9.78 Å². The number of amides is 1. The molecule has 90 valence electrons. The molecule has 1 amide bonds. The van der Waals surface area contributed by atoms with Crippen LogP contribution in [0.1, 0.15) is 27.3 Å². The minimum Gasteiger partial charge on any atom is -0.477 e. The molecule has 1 fully saturated rings. The van der Waals surface area contributed by atoms with Crippen molar-refractivity contribution in [3.8, 4) is 0 Å². The summed E-state index contributed by atoms with van der Waals surface area (Å²) in [6.45, 7) is 0. The van der Waals surface area contributed by atoms with E-state index in [1.807, 2.05) is 0 Å². The monoisotopic (exact) mass is 252 g/mol. The lowest BCUT2D eigenvalue weighted by atomic mass is 10.2. The van der Waals surface area contributed by atoms with E-state index in [0.29, 0.717) is 5.56 Å². The van der Waals surface area contributed by atoms with E-state index in [2.05, 4.69) is 10.3 Å². The largest absolute Gasteiger partial charge is 0.477 e. The summed E-state index contributed by atoms with van der Waals surface area (Å²) in [5, 5.41) is 11.7. The van der Waals surface area contributed by atoms with Gasteiger partial charge in [0.25, 0.3) is 5.91 Å². The lowest BCUT2D eigenvalue weighted by molar-refractivity contribution is 0.0690. The van der Waals surface area contributed by atoms with Crippen LogP contribution in [0.3, 0.4) is 0 Å². The third-order valence-corrected chi connectivity index (χ3v) is 3.67. The predicted molar refractivity (Wildman–Crippen MR) is 64.4 cm³/mol. The second kappa shape index (κ2) is 5.18. The zero-order chi connectivity index (χ0) is 12.3. The van der Waals surface area contributed by atoms with Gasteiger partial charge in [-0.3, -0.25) is 4.79 Å². The maximum absolute atomic E-state index is 11.8. The summed E-state index contributed by atoms with van der Waals surface area (Å²) in [5.41, 5.74) is 0.229. The summed E-state index contributed by atoms with van der Waals surface area (Å²) in [5.74, 6) is 0.614. The van der Waals surface area contributed by atoms with Crippen molar-refractivity contribution in [2.45, 2.75) is 12.5 Å². The molecule has 0 aromatic carbocycles. The van der Waals surface area contributed by atoms with E-state index in [4.69, 9.17) is 5.11 Å². The van der Waals surface area contributed by atoms with Crippen molar-refractivity contribution < 1.29 is 14.7 Å². The van der Waals surface area contributed by atoms with Crippen molar-refractivity contribution in [2.75, 3.05) is 11.5 Å². The molecular weight excluding hydrogens is 240 g/mol. The van der Waals surface area contributed by atoms with Crippen LogP contribution in [0.5, 0.6) is 0 Å². The molecule has 2 heterocycles. The fraction of sp³-hybridized carbons (Fsp3) is 0.364. The van der Waals surface area contributed by atoms with E-state index >= 15 is 0 Å². The van der Waals surface area contributed by atoms with E-state index in [1.165, 1.54) is 18.3 Å². The minimum absolute atomic E-state index is 0.113. The number of carboxylic acid groups (broad SMARTS) is 1. The Morgan fingerprint density at radius 2 is 2.35 bits per heavy atom. The maximum atomic E-state index is 11.8. The smallest absolute Gasteiger partial charge is 0.354 e. The molecule has 0 saturated carbocycles. The number of rotatable bonds is 3. The average molecular weight is 252 g/mol. The number of aromatic carboxylic acids is 1. The van der Waals surface area contributed by atoms with Crippen LogP contribution in [0.15, 0.2) is 18.3 Å². The van der Waals surface area contributed by atoms with Gasteiger partial charge in [0.1, 0.15) is 5.69 Å². The number of hydrogen-bond acceptors (Lipinski definition) is 4. The molecule has 1 aromatic rings. The zero-order valence-electron chi connectivity index (χ0n) is 9.05. The Bertz CT molecular complexity index is 444. The maximum Gasteiger partial charge on any atom is 0.354 e. The Kier molecular flexibility index (Phi) is 3.63. The van der Waals surface area contributed by atoms with E-state index < -0.39 is 5.97 Å². The van der Waals surface area contributed by atoms with Crippen LogP contribution >= 0.6 is 11.8 Å². The lowest BCUT2D eigenvalue weighted by Crippen LogP contribution is -2.34. The van der Waals surface area contributed by atoms with Gasteiger partial charge < -0.3 is 10.4 Å². The molecule has 0 radical (unpaired) electrons. The number of nitrogens with one attached hydrogen (secondary N) is 1. The van der Waals surface area contributed by atoms with Crippen molar-refractivity contribution in [1.29, 1.82) is 0 Å². The van der Waals surface area contributed by atoms with Gasteiger partial charge in [-0.1, -0.05) is 0 Å². The SMILES string of the molecule is O=C(NC1CCSC1)c1ccnc(C(=O)O)c1. The van der Waals surface area contributed by atoms with Crippen LogP contribution in [0.25, 0.3) is 0 Å². The molecule has 6 heteroatoms. The summed E-state index contributed by atoms with van der Waals surface area (Å²) < 4.78 is 0. The van der Waals surface area contributed by atoms with Crippen LogP contribution in [0.2, 0.25) is 0 Å². The van der Waals surface area contributed by atoms with E-state index in [0.717, 1.165) is 17.9 Å². The third kappa shape index (κ3) is 2.97. The van der Waals surface area contributed by atoms with Gasteiger partial charge in [0.2, 0.25) is 0 Å². The van der Waals surface area contributed by atoms with Gasteiger partial charge in [-0.2, -0.15) is 11.8 Å². The Balaban J connectivity index is 2.07. The van der Waals surface area contributed by atoms with Gasteiger partial charge in [0, 0.05) is 23.6 Å². The molecule has 1 atom stereocenters. The molecule has 2 N–H and O–H groups in total. The Morgan fingerprint density at radius 3 is 3.00 bits per heavy atom. The number of hydrogen-bond donors (Lipinski definition) is 2. The Labute approximate surface area is 103 Å². The second-order valence-corrected chi connectivity index (χ2v) is 4.92. The minimum atomic E-state index is -1.13. The predicted octanol–water partition coefficient (Wildman–Crippen LogP) is 1.02. The summed E-state index contributed by atoms with van der Waals surface area (Å²) in [6, 6.07) is 3.00. The highest BCUT2D eigenvalue weighted by atomic mass is 32.2. The number of pyridine rings is 1. The lowest BCUT2D eigenvalue weighted by Gasteiger charge is -2.11. The number of nitrogens with zero attached hydrogens (tertiary/aromatic N) is 1. The first kappa shape index (κ1) is 11.9. The topological polar surface area (TPSA) is 79.3 Å². The molecule has 1 saturated heterocycles. The number of thioether (sulfide) groups is 1. The molecule has 1 unspecified atom stereocenters. The summed E-state index contributed by atoms with van der Waals surface area (Å²) in [4.78, 5) is 26.2. The van der Waals surface area contributed by atoms with Crippen LogP contribution in [0.4, 0.5) is 0 Å². The van der Waals surface area contributed by atoms with Crippen molar-refractivity contribution in [1.82, 2.24) is 10.3 Å². The quantitative estimate of drug-likeness (QED) is 0.839. The van der Waals surface area contributed by atoms with Crippen LogP contribution < -0.4 is 5.32 Å². The molecular formula is C11H12N2O3S. The zero-order valence-corrected chi connectivity index (χ0v) is 9.87. The van der Waals surface area contributed by atoms with Crippen LogP contribution in [-0.2, 0) is 0 Å². The van der Waals surface area contributed by atoms with E-state index in [1.54, 1.807) is 11.8 Å². The molecule has 1 aliphatic rings. The summed E-state index contributed by atoms with van der Waals surface area (Å²) in [6.07, 6.45) is 2.30. The van der Waals surface area contributed by atoms with Crippen molar-refractivity contribution >= 4 is 23.6 Å². The van der Waals surface area contributed by atoms with Crippen LogP contribution in [-0.4, -0.2) is 39.5 Å². The van der Waals surface area contributed by atoms with Gasteiger partial charge in [-0.15, -0.1) is 0 Å². The first-order valence-electron chi connectivity index (χ1n) is 5.25. The molecule has 17 heavy (non-hydrogen) atoms. The Hall–Kier alpha value is -1.56. The number of carboxylic acids is 1. The summed E-state index contributed by atoms with van der Waals surface area (Å²) in [7, 11) is 0. The molecule has 2 rings (SSSR count). The van der Waals surface area contributed by atoms with E-state index in [-0.39, 0.29) is 17.6 Å². The molecule has 1 aromatic heterocycles. The molecule has 5 nitrogen and oxygen atoms in total. The standard InChI is InChI=1S/C11H12N2O3S/c14-10(13-8-2-4-17-6-8)7-1-3-12-9(5-7)11(15)16/h1,3,5,8H,2,4,6H2,(H,13,14)(H,15,16). The fourth-order valence-corrected chi connectivity index (χ4v) is 2.76. The fourth-order valence-electron chi connectivity index (χ4n) is 1.61. The van der Waals surface area contributed by atoms with Crippen molar-refractivity contribution in [3.05, 3.63) is 29.6 Å². The first-order chi connectivity index (χ1) is 8.16. The van der Waals surface area contributed by atoms with E-state index in [9.17, 15) is 9.59 Å². The Morgan fingerprint density at radius 1 is 1.53 bits per heavy atom. The molecule has 0 bridgehead atoms. The average Bonchev–Trinajstić information content (AvgIpc) is 2.82. The highest BCUT2D eigenvalue weighted by Crippen LogP contribution is 2.17. The number of aromatic nitrogens is 1. The molecule has 1 aliphatic heterocycles. The first-order valence-corrected chi connectivity index (χ1v) is 6.40. The molecule has 0 spiro atoms. The van der Waals surface area contributed by atoms with Crippen LogP contribution in [0, 0.1) is 0 Å². The van der Waals surface area contributed by atoms with Crippen molar-refractivity contribution in [3.63, 3.8) is 0 Å². The number of carbonyl (C=O) groups excluding carboxylic acids is 1.